The molecule has 24 heavy (non-hydrogen) atoms. The minimum atomic E-state index is -0.0154. The van der Waals surface area contributed by atoms with Crippen LogP contribution in [0.2, 0.25) is 0 Å². The first-order valence-electron chi connectivity index (χ1n) is 8.53. The highest BCUT2D eigenvalue weighted by Crippen LogP contribution is 2.21. The first-order valence-corrected chi connectivity index (χ1v) is 8.53. The van der Waals surface area contributed by atoms with Crippen LogP contribution < -0.4 is 0 Å². The van der Waals surface area contributed by atoms with Crippen molar-refractivity contribution in [2.24, 2.45) is 0 Å². The predicted octanol–water partition coefficient (Wildman–Crippen LogP) is 2.65. The number of H-pyrrole nitrogens is 1. The molecule has 3 rings (SSSR count). The molecular formula is C18H26N4O2. The van der Waals surface area contributed by atoms with Crippen LogP contribution in [0.4, 0.5) is 0 Å². The Bertz CT molecular complexity index is 670. The highest BCUT2D eigenvalue weighted by atomic mass is 16.3. The number of hydrogen-bond donors (Lipinski definition) is 1. The van der Waals surface area contributed by atoms with Gasteiger partial charge in [-0.05, 0) is 24.6 Å². The number of nitrogens with zero attached hydrogens (tertiary/aromatic N) is 3. The van der Waals surface area contributed by atoms with Crippen LogP contribution >= 0.6 is 0 Å². The minimum Gasteiger partial charge on any atom is -0.459 e. The predicted molar refractivity (Wildman–Crippen MR) is 91.8 cm³/mol. The summed E-state index contributed by atoms with van der Waals surface area (Å²) in [6.07, 6.45) is 2.51. The molecule has 1 amide bonds. The number of aromatic amines is 1. The van der Waals surface area contributed by atoms with Gasteiger partial charge in [-0.15, -0.1) is 0 Å². The van der Waals surface area contributed by atoms with Gasteiger partial charge in [0.05, 0.1) is 12.0 Å². The lowest BCUT2D eigenvalue weighted by Gasteiger charge is -2.20. The Morgan fingerprint density at radius 3 is 2.79 bits per heavy atom. The molecule has 0 unspecified atom stereocenters. The molecule has 3 heterocycles. The monoisotopic (exact) mass is 330 g/mol. The van der Waals surface area contributed by atoms with Crippen molar-refractivity contribution >= 4 is 5.91 Å². The molecule has 0 spiro atoms. The fraction of sp³-hybridized carbons (Fsp3) is 0.556. The summed E-state index contributed by atoms with van der Waals surface area (Å²) in [5.74, 6) is 0.408. The van der Waals surface area contributed by atoms with E-state index in [0.29, 0.717) is 5.76 Å². The van der Waals surface area contributed by atoms with E-state index in [0.717, 1.165) is 50.5 Å². The van der Waals surface area contributed by atoms with Crippen molar-refractivity contribution in [1.82, 2.24) is 20.0 Å². The number of nitrogens with one attached hydrogen (secondary N) is 1. The van der Waals surface area contributed by atoms with Gasteiger partial charge >= 0.3 is 0 Å². The second kappa shape index (κ2) is 6.81. The van der Waals surface area contributed by atoms with E-state index in [-0.39, 0.29) is 11.3 Å². The van der Waals surface area contributed by atoms with E-state index < -0.39 is 0 Å². The van der Waals surface area contributed by atoms with E-state index in [9.17, 15) is 4.79 Å². The molecule has 0 aliphatic carbocycles. The fourth-order valence-electron chi connectivity index (χ4n) is 2.96. The molecule has 1 fully saturated rings. The smallest absolute Gasteiger partial charge is 0.289 e. The van der Waals surface area contributed by atoms with Gasteiger partial charge in [-0.2, -0.15) is 5.10 Å². The summed E-state index contributed by atoms with van der Waals surface area (Å²) >= 11 is 0. The molecule has 6 heteroatoms. The maximum absolute atomic E-state index is 12.4. The summed E-state index contributed by atoms with van der Waals surface area (Å²) in [7, 11) is 0. The summed E-state index contributed by atoms with van der Waals surface area (Å²) < 4.78 is 5.23. The van der Waals surface area contributed by atoms with Gasteiger partial charge in [0.15, 0.2) is 5.76 Å². The van der Waals surface area contributed by atoms with Gasteiger partial charge in [0, 0.05) is 43.8 Å². The van der Waals surface area contributed by atoms with Crippen LogP contribution in [0.25, 0.3) is 0 Å². The van der Waals surface area contributed by atoms with Crippen LogP contribution in [0.5, 0.6) is 0 Å². The van der Waals surface area contributed by atoms with Crippen LogP contribution in [0.3, 0.4) is 0 Å². The molecule has 1 aliphatic heterocycles. The van der Waals surface area contributed by atoms with Gasteiger partial charge in [0.25, 0.3) is 5.91 Å². The normalized spacial score (nSPS) is 17.0. The number of amides is 1. The highest BCUT2D eigenvalue weighted by molar-refractivity contribution is 5.91. The Morgan fingerprint density at radius 2 is 2.12 bits per heavy atom. The van der Waals surface area contributed by atoms with Crippen LogP contribution in [0.15, 0.2) is 28.9 Å². The van der Waals surface area contributed by atoms with E-state index in [1.165, 1.54) is 0 Å². The van der Waals surface area contributed by atoms with E-state index in [1.807, 2.05) is 4.90 Å². The molecule has 0 bridgehead atoms. The van der Waals surface area contributed by atoms with Gasteiger partial charge in [0.2, 0.25) is 0 Å². The zero-order valence-corrected chi connectivity index (χ0v) is 14.7. The third-order valence-corrected chi connectivity index (χ3v) is 4.40. The van der Waals surface area contributed by atoms with Crippen LogP contribution in [0.1, 0.15) is 49.1 Å². The quantitative estimate of drug-likeness (QED) is 0.939. The zero-order valence-electron chi connectivity index (χ0n) is 14.7. The molecule has 1 saturated heterocycles. The van der Waals surface area contributed by atoms with Crippen molar-refractivity contribution in [3.05, 3.63) is 41.6 Å². The van der Waals surface area contributed by atoms with Crippen molar-refractivity contribution in [2.75, 3.05) is 26.2 Å². The molecule has 6 nitrogen and oxygen atoms in total. The Kier molecular flexibility index (Phi) is 4.76. The van der Waals surface area contributed by atoms with Crippen molar-refractivity contribution in [3.8, 4) is 0 Å². The largest absolute Gasteiger partial charge is 0.459 e. The van der Waals surface area contributed by atoms with E-state index in [4.69, 9.17) is 4.42 Å². The average Bonchev–Trinajstić information content (AvgIpc) is 3.15. The van der Waals surface area contributed by atoms with Crippen molar-refractivity contribution in [1.29, 1.82) is 0 Å². The number of furan rings is 1. The van der Waals surface area contributed by atoms with Gasteiger partial charge < -0.3 is 9.32 Å². The first-order chi connectivity index (χ1) is 11.4. The van der Waals surface area contributed by atoms with Gasteiger partial charge in [-0.25, -0.2) is 0 Å². The maximum Gasteiger partial charge on any atom is 0.289 e. The Labute approximate surface area is 142 Å². The lowest BCUT2D eigenvalue weighted by atomic mass is 9.92. The van der Waals surface area contributed by atoms with Crippen molar-refractivity contribution < 1.29 is 9.21 Å². The van der Waals surface area contributed by atoms with Gasteiger partial charge in [-0.3, -0.25) is 14.8 Å². The third kappa shape index (κ3) is 3.87. The summed E-state index contributed by atoms with van der Waals surface area (Å²) in [5, 5.41) is 7.57. The molecule has 0 atom stereocenters. The number of carbonyl (C=O) groups excluding carboxylic acids is 1. The number of hydrogen-bond acceptors (Lipinski definition) is 4. The third-order valence-electron chi connectivity index (χ3n) is 4.40. The highest BCUT2D eigenvalue weighted by Gasteiger charge is 2.23. The Hall–Kier alpha value is -2.08. The summed E-state index contributed by atoms with van der Waals surface area (Å²) in [6, 6.07) is 5.63. The Balaban J connectivity index is 1.58. The second-order valence-electron chi connectivity index (χ2n) is 7.43. The molecule has 2 aromatic rings. The zero-order chi connectivity index (χ0) is 17.2. The number of rotatable bonds is 3. The SMILES string of the molecule is CC(C)(C)c1cc(CN2CCCN(C(=O)c3ccco3)CC2)[nH]n1. The van der Waals surface area contributed by atoms with Crippen molar-refractivity contribution in [3.63, 3.8) is 0 Å². The topological polar surface area (TPSA) is 65.4 Å². The lowest BCUT2D eigenvalue weighted by molar-refractivity contribution is 0.0729. The standard InChI is InChI=1S/C18H26N4O2/c1-18(2,3)16-12-14(19-20-16)13-21-7-5-8-22(10-9-21)17(23)15-6-4-11-24-15/h4,6,11-12H,5,7-10,13H2,1-3H3,(H,19,20). The van der Waals surface area contributed by atoms with Gasteiger partial charge in [-0.1, -0.05) is 20.8 Å². The van der Waals surface area contributed by atoms with Crippen LogP contribution in [-0.4, -0.2) is 52.1 Å². The summed E-state index contributed by atoms with van der Waals surface area (Å²) in [4.78, 5) is 16.6. The number of aromatic nitrogens is 2. The second-order valence-corrected chi connectivity index (χ2v) is 7.43. The first kappa shape index (κ1) is 16.8. The Morgan fingerprint density at radius 1 is 1.29 bits per heavy atom. The molecule has 0 radical (unpaired) electrons. The van der Waals surface area contributed by atoms with E-state index in [1.54, 1.807) is 18.4 Å². The molecule has 0 saturated carbocycles. The summed E-state index contributed by atoms with van der Waals surface area (Å²) in [6.45, 7) is 10.7. The molecule has 1 N–H and O–H groups in total. The maximum atomic E-state index is 12.4. The van der Waals surface area contributed by atoms with Crippen molar-refractivity contribution in [2.45, 2.75) is 39.2 Å². The molecule has 1 aliphatic rings. The van der Waals surface area contributed by atoms with E-state index in [2.05, 4.69) is 41.9 Å². The minimum absolute atomic E-state index is 0.0154. The lowest BCUT2D eigenvalue weighted by Crippen LogP contribution is -2.34. The van der Waals surface area contributed by atoms with Crippen LogP contribution in [0, 0.1) is 0 Å². The van der Waals surface area contributed by atoms with Crippen LogP contribution in [-0.2, 0) is 12.0 Å². The fourth-order valence-corrected chi connectivity index (χ4v) is 2.96. The molecule has 130 valence electrons. The molecular weight excluding hydrogens is 304 g/mol. The molecule has 0 aromatic carbocycles. The number of carbonyl (C=O) groups is 1. The van der Waals surface area contributed by atoms with E-state index >= 15 is 0 Å². The molecule has 2 aromatic heterocycles. The summed E-state index contributed by atoms with van der Waals surface area (Å²) in [5.41, 5.74) is 2.27. The average molecular weight is 330 g/mol. The van der Waals surface area contributed by atoms with Gasteiger partial charge in [0.1, 0.15) is 0 Å².